The Bertz CT molecular complexity index is 155. The highest BCUT2D eigenvalue weighted by molar-refractivity contribution is 5.85. The molecule has 4 nitrogen and oxygen atoms in total. The van der Waals surface area contributed by atoms with Gasteiger partial charge in [-0.25, -0.2) is 4.79 Å². The number of hydrogen-bond donors (Lipinski definition) is 1. The lowest BCUT2D eigenvalue weighted by molar-refractivity contribution is 0.174. The van der Waals surface area contributed by atoms with E-state index < -0.39 is 0 Å². The van der Waals surface area contributed by atoms with Gasteiger partial charge >= 0.3 is 6.03 Å². The van der Waals surface area contributed by atoms with E-state index >= 15 is 0 Å². The van der Waals surface area contributed by atoms with E-state index in [0.717, 1.165) is 32.6 Å². The number of nitrogens with one attached hydrogen (secondary N) is 1. The fraction of sp³-hybridized carbons (Fsp3) is 0.875. The second-order valence-electron chi connectivity index (χ2n) is 3.27. The van der Waals surface area contributed by atoms with Gasteiger partial charge in [0, 0.05) is 33.7 Å². The molecule has 0 spiro atoms. The van der Waals surface area contributed by atoms with Crippen molar-refractivity contribution in [2.75, 3.05) is 40.3 Å². The molecule has 1 aliphatic heterocycles. The Morgan fingerprint density at radius 2 is 2.00 bits per heavy atom. The summed E-state index contributed by atoms with van der Waals surface area (Å²) in [6.07, 6.45) is 1.06. The number of nitrogens with zero attached hydrogens (tertiary/aromatic N) is 2. The van der Waals surface area contributed by atoms with Gasteiger partial charge in [0.2, 0.25) is 0 Å². The molecular formula is C8H18ClN3O. The van der Waals surface area contributed by atoms with Crippen molar-refractivity contribution in [3.8, 4) is 0 Å². The van der Waals surface area contributed by atoms with Crippen molar-refractivity contribution in [3.63, 3.8) is 0 Å². The average molecular weight is 208 g/mol. The molecule has 0 unspecified atom stereocenters. The quantitative estimate of drug-likeness (QED) is 0.624. The summed E-state index contributed by atoms with van der Waals surface area (Å²) in [4.78, 5) is 15.0. The van der Waals surface area contributed by atoms with Gasteiger partial charge in [0.05, 0.1) is 0 Å². The second-order valence-corrected chi connectivity index (χ2v) is 3.27. The predicted molar refractivity (Wildman–Crippen MR) is 55.4 cm³/mol. The maximum Gasteiger partial charge on any atom is 0.319 e. The number of hydrogen-bond acceptors (Lipinski definition) is 2. The van der Waals surface area contributed by atoms with E-state index in [9.17, 15) is 4.79 Å². The minimum Gasteiger partial charge on any atom is -0.331 e. The normalized spacial score (nSPS) is 17.2. The minimum atomic E-state index is 0. The van der Waals surface area contributed by atoms with Gasteiger partial charge in [-0.15, -0.1) is 12.4 Å². The average Bonchev–Trinajstić information content (AvgIpc) is 2.30. The van der Waals surface area contributed by atoms with Crippen LogP contribution >= 0.6 is 12.4 Å². The molecular weight excluding hydrogens is 190 g/mol. The molecule has 2 amide bonds. The molecule has 1 N–H and O–H groups in total. The molecule has 0 atom stereocenters. The van der Waals surface area contributed by atoms with Crippen LogP contribution < -0.4 is 5.32 Å². The fourth-order valence-electron chi connectivity index (χ4n) is 1.32. The second kappa shape index (κ2) is 6.05. The van der Waals surface area contributed by atoms with Crippen LogP contribution in [-0.4, -0.2) is 56.1 Å². The molecule has 0 bridgehead atoms. The molecule has 1 rings (SSSR count). The first-order valence-corrected chi connectivity index (χ1v) is 4.39. The lowest BCUT2D eigenvalue weighted by atomic mass is 10.4. The first kappa shape index (κ1) is 12.5. The van der Waals surface area contributed by atoms with Crippen LogP contribution in [0.25, 0.3) is 0 Å². The van der Waals surface area contributed by atoms with Gasteiger partial charge in [0.15, 0.2) is 0 Å². The number of rotatable bonds is 0. The van der Waals surface area contributed by atoms with E-state index in [4.69, 9.17) is 0 Å². The Kier molecular flexibility index (Phi) is 5.82. The number of carbonyl (C=O) groups is 1. The molecule has 0 radical (unpaired) electrons. The smallest absolute Gasteiger partial charge is 0.319 e. The third-order valence-corrected chi connectivity index (χ3v) is 1.99. The molecule has 1 heterocycles. The van der Waals surface area contributed by atoms with E-state index in [1.165, 1.54) is 0 Å². The minimum absolute atomic E-state index is 0. The molecule has 0 aromatic heterocycles. The highest BCUT2D eigenvalue weighted by Gasteiger charge is 2.15. The van der Waals surface area contributed by atoms with Crippen LogP contribution in [0.15, 0.2) is 0 Å². The van der Waals surface area contributed by atoms with Gasteiger partial charge in [0.1, 0.15) is 0 Å². The summed E-state index contributed by atoms with van der Waals surface area (Å²) in [5, 5.41) is 3.26. The molecule has 5 heteroatoms. The summed E-state index contributed by atoms with van der Waals surface area (Å²) in [6.45, 7) is 3.65. The first-order chi connectivity index (χ1) is 5.72. The Hall–Kier alpha value is -0.480. The zero-order valence-corrected chi connectivity index (χ0v) is 9.06. The molecule has 0 aromatic carbocycles. The first-order valence-electron chi connectivity index (χ1n) is 4.39. The Morgan fingerprint density at radius 1 is 1.31 bits per heavy atom. The topological polar surface area (TPSA) is 35.6 Å². The Labute approximate surface area is 85.7 Å². The van der Waals surface area contributed by atoms with Crippen molar-refractivity contribution in [1.29, 1.82) is 0 Å². The Morgan fingerprint density at radius 3 is 2.62 bits per heavy atom. The summed E-state index contributed by atoms with van der Waals surface area (Å²) < 4.78 is 0. The molecule has 0 saturated carbocycles. The molecule has 1 fully saturated rings. The molecule has 0 aliphatic carbocycles. The number of urea groups is 1. The van der Waals surface area contributed by atoms with E-state index in [1.807, 2.05) is 4.90 Å². The van der Waals surface area contributed by atoms with E-state index in [0.29, 0.717) is 0 Å². The molecule has 13 heavy (non-hydrogen) atoms. The SMILES string of the molecule is CN(C)C(=O)N1CCCNCC1.Cl. The summed E-state index contributed by atoms with van der Waals surface area (Å²) in [5.41, 5.74) is 0. The third kappa shape index (κ3) is 3.83. The highest BCUT2D eigenvalue weighted by atomic mass is 35.5. The van der Waals surface area contributed by atoms with Crippen LogP contribution in [0.1, 0.15) is 6.42 Å². The van der Waals surface area contributed by atoms with Crippen LogP contribution in [0.4, 0.5) is 4.79 Å². The summed E-state index contributed by atoms with van der Waals surface area (Å²) in [6, 6.07) is 0.124. The number of amides is 2. The summed E-state index contributed by atoms with van der Waals surface area (Å²) in [7, 11) is 3.58. The molecule has 1 saturated heterocycles. The lowest BCUT2D eigenvalue weighted by Crippen LogP contribution is -2.41. The number of halogens is 1. The highest BCUT2D eigenvalue weighted by Crippen LogP contribution is 1.98. The van der Waals surface area contributed by atoms with Gasteiger partial charge in [-0.3, -0.25) is 0 Å². The van der Waals surface area contributed by atoms with Crippen molar-refractivity contribution in [3.05, 3.63) is 0 Å². The molecule has 78 valence electrons. The van der Waals surface area contributed by atoms with Gasteiger partial charge < -0.3 is 15.1 Å². The van der Waals surface area contributed by atoms with Gasteiger partial charge in [-0.05, 0) is 13.0 Å². The molecule has 0 aromatic rings. The molecule has 1 aliphatic rings. The van der Waals surface area contributed by atoms with E-state index in [1.54, 1.807) is 19.0 Å². The summed E-state index contributed by atoms with van der Waals surface area (Å²) >= 11 is 0. The monoisotopic (exact) mass is 207 g/mol. The maximum atomic E-state index is 11.5. The van der Waals surface area contributed by atoms with Crippen LogP contribution in [-0.2, 0) is 0 Å². The van der Waals surface area contributed by atoms with Crippen molar-refractivity contribution < 1.29 is 4.79 Å². The van der Waals surface area contributed by atoms with Crippen LogP contribution in [0.2, 0.25) is 0 Å². The van der Waals surface area contributed by atoms with Gasteiger partial charge in [0.25, 0.3) is 0 Å². The fourth-order valence-corrected chi connectivity index (χ4v) is 1.32. The predicted octanol–water partition coefficient (Wildman–Crippen LogP) is 0.385. The van der Waals surface area contributed by atoms with Gasteiger partial charge in [-0.1, -0.05) is 0 Å². The summed E-state index contributed by atoms with van der Waals surface area (Å²) in [5.74, 6) is 0. The largest absolute Gasteiger partial charge is 0.331 e. The Balaban J connectivity index is 0.00000144. The zero-order chi connectivity index (χ0) is 8.97. The zero-order valence-electron chi connectivity index (χ0n) is 8.25. The van der Waals surface area contributed by atoms with Crippen LogP contribution in [0.3, 0.4) is 0 Å². The van der Waals surface area contributed by atoms with Crippen molar-refractivity contribution in [1.82, 2.24) is 15.1 Å². The lowest BCUT2D eigenvalue weighted by Gasteiger charge is -2.23. The standard InChI is InChI=1S/C8H17N3O.ClH/c1-10(2)8(12)11-6-3-4-9-5-7-11;/h9H,3-7H2,1-2H3;1H. The van der Waals surface area contributed by atoms with E-state index in [-0.39, 0.29) is 18.4 Å². The van der Waals surface area contributed by atoms with Crippen LogP contribution in [0.5, 0.6) is 0 Å². The van der Waals surface area contributed by atoms with Crippen LogP contribution in [0, 0.1) is 0 Å². The van der Waals surface area contributed by atoms with Gasteiger partial charge in [-0.2, -0.15) is 0 Å². The third-order valence-electron chi connectivity index (χ3n) is 1.99. The number of carbonyl (C=O) groups excluding carboxylic acids is 1. The van der Waals surface area contributed by atoms with Crippen molar-refractivity contribution in [2.24, 2.45) is 0 Å². The van der Waals surface area contributed by atoms with Crippen molar-refractivity contribution in [2.45, 2.75) is 6.42 Å². The van der Waals surface area contributed by atoms with Crippen molar-refractivity contribution >= 4 is 18.4 Å². The maximum absolute atomic E-state index is 11.5. The van der Waals surface area contributed by atoms with E-state index in [2.05, 4.69) is 5.32 Å².